The van der Waals surface area contributed by atoms with E-state index in [-0.39, 0.29) is 11.0 Å². The lowest BCUT2D eigenvalue weighted by Crippen LogP contribution is -2.37. The summed E-state index contributed by atoms with van der Waals surface area (Å²) in [6, 6.07) is 68.9. The molecule has 0 radical (unpaired) electrons. The fourth-order valence-corrected chi connectivity index (χ4v) is 7.91. The zero-order chi connectivity index (χ0) is 38.2. The summed E-state index contributed by atoms with van der Waals surface area (Å²) in [7, 11) is 0. The van der Waals surface area contributed by atoms with Crippen molar-refractivity contribution >= 4 is 22.1 Å². The molecule has 0 spiro atoms. The second kappa shape index (κ2) is 14.6. The van der Waals surface area contributed by atoms with Crippen LogP contribution in [0.5, 0.6) is 0 Å². The molecule has 8 rings (SSSR count). The number of para-hydroxylation sites is 1. The fraction of sp³-hybridized carbons (Fsp3) is 0.148. The Kier molecular flexibility index (Phi) is 9.49. The Morgan fingerprint density at radius 1 is 0.327 bits per heavy atom. The second-order valence-corrected chi connectivity index (χ2v) is 16.6. The fourth-order valence-electron chi connectivity index (χ4n) is 7.91. The molecule has 0 saturated carbocycles. The third kappa shape index (κ3) is 7.36. The molecule has 0 amide bonds. The van der Waals surface area contributed by atoms with E-state index < -0.39 is 0 Å². The van der Waals surface area contributed by atoms with E-state index in [1.165, 1.54) is 77.7 Å². The maximum absolute atomic E-state index is 2.48. The van der Waals surface area contributed by atoms with Gasteiger partial charge in [-0.1, -0.05) is 185 Å². The summed E-state index contributed by atoms with van der Waals surface area (Å²) in [5.74, 6) is 0. The van der Waals surface area contributed by atoms with Crippen LogP contribution in [0.2, 0.25) is 0 Å². The first kappa shape index (κ1) is 35.8. The number of fused-ring (bicyclic) bond motifs is 1. The first-order valence-corrected chi connectivity index (χ1v) is 19.4. The van der Waals surface area contributed by atoms with E-state index in [4.69, 9.17) is 0 Å². The highest BCUT2D eigenvalue weighted by molar-refractivity contribution is 6.05. The Morgan fingerprint density at radius 2 is 0.745 bits per heavy atom. The highest BCUT2D eigenvalue weighted by Crippen LogP contribution is 2.42. The molecule has 270 valence electrons. The smallest absolute Gasteiger partial charge is 0.0495 e. The number of rotatable bonds is 7. The Labute approximate surface area is 327 Å². The van der Waals surface area contributed by atoms with Gasteiger partial charge in [0, 0.05) is 22.5 Å². The molecule has 8 aromatic rings. The van der Waals surface area contributed by atoms with Crippen molar-refractivity contribution in [2.75, 3.05) is 4.90 Å². The topological polar surface area (TPSA) is 3.24 Å². The van der Waals surface area contributed by atoms with Gasteiger partial charge in [0.2, 0.25) is 0 Å². The van der Waals surface area contributed by atoms with Gasteiger partial charge >= 0.3 is 0 Å². The summed E-state index contributed by atoms with van der Waals surface area (Å²) in [6.07, 6.45) is 0. The Morgan fingerprint density at radius 3 is 1.31 bits per heavy atom. The summed E-state index contributed by atoms with van der Waals surface area (Å²) in [4.78, 5) is 2.48. The van der Waals surface area contributed by atoms with Crippen LogP contribution in [0.3, 0.4) is 0 Å². The van der Waals surface area contributed by atoms with Crippen molar-refractivity contribution < 1.29 is 0 Å². The number of anilines is 2. The Hall–Kier alpha value is -6.18. The molecular formula is C54H49N. The minimum atomic E-state index is -0.177. The molecule has 0 bridgehead atoms. The van der Waals surface area contributed by atoms with Crippen molar-refractivity contribution in [1.29, 1.82) is 0 Å². The molecule has 1 heteroatoms. The van der Waals surface area contributed by atoms with E-state index >= 15 is 0 Å². The van der Waals surface area contributed by atoms with Crippen LogP contribution in [0.1, 0.15) is 47.1 Å². The minimum Gasteiger partial charge on any atom is -0.336 e. The molecular weight excluding hydrogens is 663 g/mol. The standard InChI is InChI=1S/C54H49N/c1-53(2,3)45-33-29-42(30-34-45)47-20-13-23-51-48(21-14-22-50(47)51)43-17-12-18-44(37-43)49-19-10-11-24-52(49)55(54(4,5)6)46-35-31-41(32-36-46)40-27-25-39(26-28-40)38-15-8-7-9-16-38/h7-37H,1-6H3. The maximum Gasteiger partial charge on any atom is 0.0495 e. The molecule has 8 aromatic carbocycles. The average Bonchev–Trinajstić information content (AvgIpc) is 3.21. The highest BCUT2D eigenvalue weighted by atomic mass is 15.2. The van der Waals surface area contributed by atoms with E-state index in [0.29, 0.717) is 0 Å². The van der Waals surface area contributed by atoms with Crippen molar-refractivity contribution in [3.05, 3.63) is 194 Å². The van der Waals surface area contributed by atoms with Crippen LogP contribution >= 0.6 is 0 Å². The largest absolute Gasteiger partial charge is 0.336 e. The number of hydrogen-bond acceptors (Lipinski definition) is 1. The predicted molar refractivity (Wildman–Crippen MR) is 238 cm³/mol. The van der Waals surface area contributed by atoms with Gasteiger partial charge in [0.1, 0.15) is 0 Å². The minimum absolute atomic E-state index is 0.124. The van der Waals surface area contributed by atoms with Crippen LogP contribution in [0.15, 0.2) is 188 Å². The van der Waals surface area contributed by atoms with Gasteiger partial charge in [-0.05, 0) is 117 Å². The van der Waals surface area contributed by atoms with Crippen molar-refractivity contribution in [1.82, 2.24) is 0 Å². The average molecular weight is 712 g/mol. The van der Waals surface area contributed by atoms with E-state index in [1.54, 1.807) is 0 Å². The molecule has 0 heterocycles. The van der Waals surface area contributed by atoms with Crippen molar-refractivity contribution in [3.8, 4) is 55.6 Å². The Bertz CT molecular complexity index is 2560. The van der Waals surface area contributed by atoms with Crippen LogP contribution in [-0.2, 0) is 5.41 Å². The zero-order valence-corrected chi connectivity index (χ0v) is 32.8. The first-order chi connectivity index (χ1) is 26.5. The molecule has 0 aliphatic rings. The third-order valence-electron chi connectivity index (χ3n) is 10.7. The molecule has 0 unspecified atom stereocenters. The van der Waals surface area contributed by atoms with Crippen LogP contribution in [0, 0.1) is 0 Å². The third-order valence-corrected chi connectivity index (χ3v) is 10.7. The number of benzene rings is 8. The van der Waals surface area contributed by atoms with E-state index in [9.17, 15) is 0 Å². The molecule has 0 atom stereocenters. The van der Waals surface area contributed by atoms with Crippen LogP contribution in [-0.4, -0.2) is 5.54 Å². The predicted octanol–water partition coefficient (Wildman–Crippen LogP) is 15.4. The van der Waals surface area contributed by atoms with Gasteiger partial charge in [-0.25, -0.2) is 0 Å². The quantitative estimate of drug-likeness (QED) is 0.159. The first-order valence-electron chi connectivity index (χ1n) is 19.4. The molecule has 55 heavy (non-hydrogen) atoms. The van der Waals surface area contributed by atoms with Crippen molar-refractivity contribution in [2.45, 2.75) is 52.5 Å². The molecule has 0 aliphatic heterocycles. The van der Waals surface area contributed by atoms with Gasteiger partial charge in [0.25, 0.3) is 0 Å². The SMILES string of the molecule is CC(C)(C)c1ccc(-c2cccc3c(-c4cccc(-c5ccccc5N(c5ccc(-c6ccc(-c7ccccc7)cc6)cc5)C(C)(C)C)c4)cccc23)cc1. The Balaban J connectivity index is 1.13. The molecule has 0 aliphatic carbocycles. The van der Waals surface area contributed by atoms with Gasteiger partial charge in [0.15, 0.2) is 0 Å². The molecule has 0 aromatic heterocycles. The van der Waals surface area contributed by atoms with Crippen molar-refractivity contribution in [3.63, 3.8) is 0 Å². The van der Waals surface area contributed by atoms with Crippen LogP contribution < -0.4 is 4.90 Å². The highest BCUT2D eigenvalue weighted by Gasteiger charge is 2.26. The van der Waals surface area contributed by atoms with Gasteiger partial charge in [-0.2, -0.15) is 0 Å². The number of hydrogen-bond donors (Lipinski definition) is 0. The van der Waals surface area contributed by atoms with Crippen molar-refractivity contribution in [2.24, 2.45) is 0 Å². The van der Waals surface area contributed by atoms with Crippen LogP contribution in [0.4, 0.5) is 11.4 Å². The maximum atomic E-state index is 2.48. The molecule has 0 saturated heterocycles. The normalized spacial score (nSPS) is 11.8. The second-order valence-electron chi connectivity index (χ2n) is 16.6. The summed E-state index contributed by atoms with van der Waals surface area (Å²) < 4.78 is 0. The zero-order valence-electron chi connectivity index (χ0n) is 32.8. The molecule has 0 fully saturated rings. The van der Waals surface area contributed by atoms with Gasteiger partial charge in [-0.3, -0.25) is 0 Å². The molecule has 0 N–H and O–H groups in total. The summed E-state index contributed by atoms with van der Waals surface area (Å²) in [6.45, 7) is 13.7. The van der Waals surface area contributed by atoms with E-state index in [1.807, 2.05) is 0 Å². The van der Waals surface area contributed by atoms with E-state index in [2.05, 4.69) is 234 Å². The van der Waals surface area contributed by atoms with Crippen LogP contribution in [0.25, 0.3) is 66.4 Å². The summed E-state index contributed by atoms with van der Waals surface area (Å²) in [5, 5.41) is 2.53. The van der Waals surface area contributed by atoms with Gasteiger partial charge < -0.3 is 4.90 Å². The van der Waals surface area contributed by atoms with Gasteiger partial charge in [-0.15, -0.1) is 0 Å². The lowest BCUT2D eigenvalue weighted by molar-refractivity contribution is 0.561. The monoisotopic (exact) mass is 711 g/mol. The van der Waals surface area contributed by atoms with E-state index in [0.717, 1.165) is 5.69 Å². The van der Waals surface area contributed by atoms with Gasteiger partial charge in [0.05, 0.1) is 0 Å². The summed E-state index contributed by atoms with van der Waals surface area (Å²) >= 11 is 0. The lowest BCUT2D eigenvalue weighted by atomic mass is 9.85. The molecule has 1 nitrogen and oxygen atoms in total. The summed E-state index contributed by atoms with van der Waals surface area (Å²) in [5.41, 5.74) is 15.9. The number of nitrogens with zero attached hydrogens (tertiary/aromatic N) is 1. The lowest BCUT2D eigenvalue weighted by Gasteiger charge is -2.39.